The summed E-state index contributed by atoms with van der Waals surface area (Å²) in [5, 5.41) is 12.3. The molecule has 0 aliphatic rings. The fraction of sp³-hybridized carbons (Fsp3) is 0.185. The van der Waals surface area contributed by atoms with Gasteiger partial charge in [-0.2, -0.15) is 5.10 Å². The highest BCUT2D eigenvalue weighted by Crippen LogP contribution is 2.35. The highest BCUT2D eigenvalue weighted by atomic mass is 32.1. The number of pyridine rings is 3. The average Bonchev–Trinajstić information content (AvgIpc) is 3.62. The summed E-state index contributed by atoms with van der Waals surface area (Å²) in [6.07, 6.45) is 6.62. The van der Waals surface area contributed by atoms with Gasteiger partial charge < -0.3 is 10.3 Å². The van der Waals surface area contributed by atoms with E-state index in [2.05, 4.69) is 35.5 Å². The van der Waals surface area contributed by atoms with Gasteiger partial charge in [0, 0.05) is 24.4 Å². The topological polar surface area (TPSA) is 125 Å². The summed E-state index contributed by atoms with van der Waals surface area (Å²) >= 11 is 1.57. The first-order valence-electron chi connectivity index (χ1n) is 11.9. The number of rotatable bonds is 5. The van der Waals surface area contributed by atoms with E-state index in [1.807, 2.05) is 44.4 Å². The fourth-order valence-corrected chi connectivity index (χ4v) is 5.04. The number of amides is 1. The van der Waals surface area contributed by atoms with Crippen LogP contribution >= 0.6 is 11.3 Å². The Hall–Kier alpha value is -4.51. The second kappa shape index (κ2) is 9.10. The molecule has 0 saturated heterocycles. The van der Waals surface area contributed by atoms with Gasteiger partial charge in [0.1, 0.15) is 22.6 Å². The van der Waals surface area contributed by atoms with E-state index in [0.29, 0.717) is 40.2 Å². The minimum absolute atomic E-state index is 0.0941. The Kier molecular flexibility index (Phi) is 5.72. The third-order valence-corrected chi connectivity index (χ3v) is 6.79. The summed E-state index contributed by atoms with van der Waals surface area (Å²) < 4.78 is 16.0. The van der Waals surface area contributed by atoms with Crippen LogP contribution in [0.5, 0.6) is 0 Å². The molecule has 3 N–H and O–H groups in total. The molecule has 190 valence electrons. The van der Waals surface area contributed by atoms with Crippen molar-refractivity contribution in [1.82, 2.24) is 35.1 Å². The molecule has 6 rings (SSSR count). The van der Waals surface area contributed by atoms with Gasteiger partial charge in [-0.25, -0.2) is 9.37 Å². The number of aromatic nitrogens is 7. The normalized spacial score (nSPS) is 11.9. The molecular formula is C27H23FN8OS. The highest BCUT2D eigenvalue weighted by molar-refractivity contribution is 7.13. The molecule has 0 bridgehead atoms. The lowest BCUT2D eigenvalue weighted by atomic mass is 9.92. The standard InChI is InChI=1S/C27H23FN8OS/c1-27(2,3)10-19(37)32-15-9-14(11-29-12-15)22-21(28)20-17(13-31-22)35-36-25(20)26-33-16-6-7-30-24(23(16)34-26)18-5-4-8-38-18/h4-9,11-13H,10H2,1-3H3,(H,32,37)(H,33,34)(H,35,36). The molecule has 0 fully saturated rings. The molecule has 1 amide bonds. The van der Waals surface area contributed by atoms with Gasteiger partial charge in [0.05, 0.1) is 39.4 Å². The molecule has 6 aromatic rings. The smallest absolute Gasteiger partial charge is 0.224 e. The van der Waals surface area contributed by atoms with E-state index < -0.39 is 5.82 Å². The maximum absolute atomic E-state index is 16.0. The predicted molar refractivity (Wildman–Crippen MR) is 146 cm³/mol. The molecule has 6 heterocycles. The van der Waals surface area contributed by atoms with Crippen molar-refractivity contribution < 1.29 is 9.18 Å². The summed E-state index contributed by atoms with van der Waals surface area (Å²) in [6, 6.07) is 7.42. The van der Waals surface area contributed by atoms with Crippen LogP contribution in [0.25, 0.3) is 55.3 Å². The summed E-state index contributed by atoms with van der Waals surface area (Å²) in [5.74, 6) is -0.295. The Balaban J connectivity index is 1.40. The van der Waals surface area contributed by atoms with Gasteiger partial charge >= 0.3 is 0 Å². The number of hydrogen-bond donors (Lipinski definition) is 3. The Labute approximate surface area is 220 Å². The minimum Gasteiger partial charge on any atom is -0.336 e. The highest BCUT2D eigenvalue weighted by Gasteiger charge is 2.22. The number of nitrogens with one attached hydrogen (secondary N) is 3. The van der Waals surface area contributed by atoms with Crippen molar-refractivity contribution in [2.24, 2.45) is 5.41 Å². The Morgan fingerprint density at radius 1 is 1.08 bits per heavy atom. The predicted octanol–water partition coefficient (Wildman–Crippen LogP) is 6.20. The maximum atomic E-state index is 16.0. The van der Waals surface area contributed by atoms with Crippen LogP contribution in [0.3, 0.4) is 0 Å². The van der Waals surface area contributed by atoms with E-state index >= 15 is 4.39 Å². The largest absolute Gasteiger partial charge is 0.336 e. The number of thiophene rings is 1. The van der Waals surface area contributed by atoms with Crippen molar-refractivity contribution >= 4 is 44.9 Å². The number of H-pyrrole nitrogens is 2. The Bertz CT molecular complexity index is 1800. The third-order valence-electron chi connectivity index (χ3n) is 5.91. The third kappa shape index (κ3) is 4.41. The molecule has 11 heteroatoms. The van der Waals surface area contributed by atoms with Crippen molar-refractivity contribution in [3.63, 3.8) is 0 Å². The molecule has 9 nitrogen and oxygen atoms in total. The first kappa shape index (κ1) is 23.9. The Morgan fingerprint density at radius 2 is 1.95 bits per heavy atom. The van der Waals surface area contributed by atoms with Crippen LogP contribution in [0.2, 0.25) is 0 Å². The van der Waals surface area contributed by atoms with Gasteiger partial charge in [0.15, 0.2) is 11.6 Å². The van der Waals surface area contributed by atoms with E-state index in [1.165, 1.54) is 18.6 Å². The number of hydrogen-bond acceptors (Lipinski definition) is 7. The van der Waals surface area contributed by atoms with Crippen LogP contribution in [0.15, 0.2) is 54.4 Å². The Morgan fingerprint density at radius 3 is 2.74 bits per heavy atom. The van der Waals surface area contributed by atoms with Crippen LogP contribution in [0.4, 0.5) is 10.1 Å². The quantitative estimate of drug-likeness (QED) is 0.246. The lowest BCUT2D eigenvalue weighted by Gasteiger charge is -2.17. The first-order valence-corrected chi connectivity index (χ1v) is 12.8. The second-order valence-electron chi connectivity index (χ2n) is 10.1. The molecule has 0 aliphatic heterocycles. The zero-order valence-corrected chi connectivity index (χ0v) is 21.7. The molecule has 0 radical (unpaired) electrons. The molecular weight excluding hydrogens is 503 g/mol. The number of aromatic amines is 2. The molecule has 0 saturated carbocycles. The molecule has 6 aromatic heterocycles. The van der Waals surface area contributed by atoms with Crippen LogP contribution in [-0.4, -0.2) is 41.0 Å². The van der Waals surface area contributed by atoms with Gasteiger partial charge in [0.2, 0.25) is 5.91 Å². The fourth-order valence-electron chi connectivity index (χ4n) is 4.31. The average molecular weight is 527 g/mol. The van der Waals surface area contributed by atoms with Crippen LogP contribution in [0, 0.1) is 11.2 Å². The first-order chi connectivity index (χ1) is 18.3. The number of halogens is 1. The lowest BCUT2D eigenvalue weighted by molar-refractivity contribution is -0.117. The van der Waals surface area contributed by atoms with Crippen molar-refractivity contribution in [2.75, 3.05) is 5.32 Å². The summed E-state index contributed by atoms with van der Waals surface area (Å²) in [5.41, 5.74) is 3.79. The molecule has 0 spiro atoms. The van der Waals surface area contributed by atoms with Crippen LogP contribution in [0.1, 0.15) is 27.2 Å². The maximum Gasteiger partial charge on any atom is 0.224 e. The molecule has 38 heavy (non-hydrogen) atoms. The number of fused-ring (bicyclic) bond motifs is 2. The number of imidazole rings is 1. The van der Waals surface area contributed by atoms with Crippen LogP contribution < -0.4 is 5.32 Å². The van der Waals surface area contributed by atoms with E-state index in [9.17, 15) is 4.79 Å². The number of anilines is 1. The zero-order valence-electron chi connectivity index (χ0n) is 20.8. The zero-order chi connectivity index (χ0) is 26.4. The molecule has 0 atom stereocenters. The lowest BCUT2D eigenvalue weighted by Crippen LogP contribution is -2.19. The van der Waals surface area contributed by atoms with Gasteiger partial charge in [-0.3, -0.25) is 24.8 Å². The van der Waals surface area contributed by atoms with E-state index in [0.717, 1.165) is 16.1 Å². The number of carbonyl (C=O) groups excluding carboxylic acids is 1. The summed E-state index contributed by atoms with van der Waals surface area (Å²) in [6.45, 7) is 5.96. The van der Waals surface area contributed by atoms with E-state index in [-0.39, 0.29) is 22.4 Å². The van der Waals surface area contributed by atoms with Gasteiger partial charge in [0.25, 0.3) is 0 Å². The van der Waals surface area contributed by atoms with Gasteiger partial charge in [-0.1, -0.05) is 26.8 Å². The molecule has 0 aliphatic carbocycles. The van der Waals surface area contributed by atoms with Crippen LogP contribution in [-0.2, 0) is 4.79 Å². The van der Waals surface area contributed by atoms with Crippen molar-refractivity contribution in [3.05, 3.63) is 60.3 Å². The molecule has 0 unspecified atom stereocenters. The van der Waals surface area contributed by atoms with Crippen molar-refractivity contribution in [3.8, 4) is 33.3 Å². The SMILES string of the molecule is CC(C)(C)CC(=O)Nc1cncc(-c2ncc3[nH]nc(-c4nc5c(-c6cccs6)nccc5[nH]4)c3c2F)c1. The van der Waals surface area contributed by atoms with E-state index in [4.69, 9.17) is 4.98 Å². The van der Waals surface area contributed by atoms with Crippen molar-refractivity contribution in [2.45, 2.75) is 27.2 Å². The number of nitrogens with zero attached hydrogens (tertiary/aromatic N) is 5. The second-order valence-corrected chi connectivity index (χ2v) is 11.1. The minimum atomic E-state index is -0.566. The summed E-state index contributed by atoms with van der Waals surface area (Å²) in [4.78, 5) is 34.4. The monoisotopic (exact) mass is 526 g/mol. The van der Waals surface area contributed by atoms with E-state index in [1.54, 1.807) is 23.6 Å². The summed E-state index contributed by atoms with van der Waals surface area (Å²) in [7, 11) is 0. The van der Waals surface area contributed by atoms with Gasteiger partial charge in [-0.05, 0) is 29.0 Å². The number of carbonyl (C=O) groups is 1. The van der Waals surface area contributed by atoms with Gasteiger partial charge in [-0.15, -0.1) is 11.3 Å². The van der Waals surface area contributed by atoms with Crippen molar-refractivity contribution in [1.29, 1.82) is 0 Å². The molecule has 0 aromatic carbocycles.